The molecule has 1 aliphatic rings. The van der Waals surface area contributed by atoms with Crippen LogP contribution in [0.5, 0.6) is 0 Å². The van der Waals surface area contributed by atoms with Gasteiger partial charge in [-0.2, -0.15) is 0 Å². The van der Waals surface area contributed by atoms with E-state index in [9.17, 15) is 4.79 Å². The molecular formula is C12H18N4O. The van der Waals surface area contributed by atoms with Gasteiger partial charge >= 0.3 is 0 Å². The fourth-order valence-electron chi connectivity index (χ4n) is 2.03. The van der Waals surface area contributed by atoms with E-state index in [0.29, 0.717) is 6.42 Å². The van der Waals surface area contributed by atoms with Crippen LogP contribution in [0.15, 0.2) is 30.9 Å². The largest absolute Gasteiger partial charge is 0.351 e. The number of hydrogen-bond donors (Lipinski definition) is 2. The molecule has 0 spiro atoms. The van der Waals surface area contributed by atoms with Crippen molar-refractivity contribution in [3.05, 3.63) is 30.9 Å². The van der Waals surface area contributed by atoms with Gasteiger partial charge in [0.15, 0.2) is 0 Å². The molecule has 1 aromatic rings. The van der Waals surface area contributed by atoms with Crippen LogP contribution >= 0.6 is 0 Å². The minimum absolute atomic E-state index is 0.0229. The highest BCUT2D eigenvalue weighted by atomic mass is 16.1. The van der Waals surface area contributed by atoms with Crippen molar-refractivity contribution in [2.45, 2.75) is 32.0 Å². The van der Waals surface area contributed by atoms with Crippen molar-refractivity contribution < 1.29 is 4.79 Å². The molecule has 1 aliphatic carbocycles. The van der Waals surface area contributed by atoms with E-state index >= 15 is 0 Å². The maximum Gasteiger partial charge on any atom is 0.227 e. The van der Waals surface area contributed by atoms with Crippen LogP contribution in [0.3, 0.4) is 0 Å². The van der Waals surface area contributed by atoms with E-state index in [2.05, 4.69) is 10.3 Å². The van der Waals surface area contributed by atoms with Crippen molar-refractivity contribution >= 4 is 5.91 Å². The van der Waals surface area contributed by atoms with Crippen molar-refractivity contribution in [1.29, 1.82) is 0 Å². The minimum atomic E-state index is -0.0739. The first-order valence-electron chi connectivity index (χ1n) is 5.85. The molecule has 5 heteroatoms. The first-order valence-corrected chi connectivity index (χ1v) is 5.85. The summed E-state index contributed by atoms with van der Waals surface area (Å²) < 4.78 is 1.95. The normalized spacial score (nSPS) is 24.8. The van der Waals surface area contributed by atoms with Gasteiger partial charge in [-0.15, -0.1) is 0 Å². The molecule has 0 bridgehead atoms. The van der Waals surface area contributed by atoms with Gasteiger partial charge in [0.1, 0.15) is 0 Å². The maximum atomic E-state index is 11.9. The topological polar surface area (TPSA) is 72.9 Å². The molecule has 0 radical (unpaired) electrons. The summed E-state index contributed by atoms with van der Waals surface area (Å²) in [5.41, 5.74) is 5.72. The number of amides is 1. The number of rotatable bonds is 4. The molecule has 1 heterocycles. The zero-order chi connectivity index (χ0) is 12.3. The average Bonchev–Trinajstić information content (AvgIpc) is 2.89. The van der Waals surface area contributed by atoms with E-state index in [1.165, 1.54) is 0 Å². The summed E-state index contributed by atoms with van der Waals surface area (Å²) >= 11 is 0. The van der Waals surface area contributed by atoms with Gasteiger partial charge in [0.25, 0.3) is 0 Å². The zero-order valence-electron chi connectivity index (χ0n) is 9.91. The molecule has 2 rings (SSSR count). The van der Waals surface area contributed by atoms with Gasteiger partial charge in [0.2, 0.25) is 5.91 Å². The highest BCUT2D eigenvalue weighted by Gasteiger charge is 2.23. The second kappa shape index (κ2) is 5.14. The third-order valence-corrected chi connectivity index (χ3v) is 2.89. The lowest BCUT2D eigenvalue weighted by atomic mass is 10.1. The SMILES string of the molecule is CC(Cn1ccnc1)NC(=O)C1C=CC(N)C1. The van der Waals surface area contributed by atoms with Crippen LogP contribution in [0.2, 0.25) is 0 Å². The summed E-state index contributed by atoms with van der Waals surface area (Å²) in [6.45, 7) is 2.71. The van der Waals surface area contributed by atoms with Crippen molar-refractivity contribution in [3.8, 4) is 0 Å². The Kier molecular flexibility index (Phi) is 3.58. The number of nitrogens with zero attached hydrogens (tertiary/aromatic N) is 2. The number of nitrogens with two attached hydrogens (primary N) is 1. The molecule has 0 aromatic carbocycles. The number of carbonyl (C=O) groups excluding carboxylic acids is 1. The molecule has 0 fully saturated rings. The lowest BCUT2D eigenvalue weighted by Crippen LogP contribution is -2.39. The Hall–Kier alpha value is -1.62. The molecule has 1 aromatic heterocycles. The Morgan fingerprint density at radius 2 is 2.47 bits per heavy atom. The van der Waals surface area contributed by atoms with Crippen LogP contribution in [-0.2, 0) is 11.3 Å². The predicted octanol–water partition coefficient (Wildman–Crippen LogP) is 0.291. The lowest BCUT2D eigenvalue weighted by Gasteiger charge is -2.17. The van der Waals surface area contributed by atoms with Gasteiger partial charge in [0.05, 0.1) is 12.2 Å². The summed E-state index contributed by atoms with van der Waals surface area (Å²) in [5, 5.41) is 2.99. The number of nitrogens with one attached hydrogen (secondary N) is 1. The molecule has 0 saturated carbocycles. The quantitative estimate of drug-likeness (QED) is 0.735. The van der Waals surface area contributed by atoms with Crippen LogP contribution in [-0.4, -0.2) is 27.5 Å². The number of aromatic nitrogens is 2. The molecule has 3 unspecified atom stereocenters. The van der Waals surface area contributed by atoms with Gasteiger partial charge < -0.3 is 15.6 Å². The fourth-order valence-corrected chi connectivity index (χ4v) is 2.03. The fraction of sp³-hybridized carbons (Fsp3) is 0.500. The van der Waals surface area contributed by atoms with Crippen molar-refractivity contribution in [3.63, 3.8) is 0 Å². The minimum Gasteiger partial charge on any atom is -0.351 e. The lowest BCUT2D eigenvalue weighted by molar-refractivity contribution is -0.124. The van der Waals surface area contributed by atoms with Gasteiger partial charge in [-0.1, -0.05) is 12.2 Å². The molecule has 17 heavy (non-hydrogen) atoms. The van der Waals surface area contributed by atoms with E-state index in [1.807, 2.05) is 29.8 Å². The van der Waals surface area contributed by atoms with E-state index in [4.69, 9.17) is 5.73 Å². The van der Waals surface area contributed by atoms with Crippen molar-refractivity contribution in [2.24, 2.45) is 11.7 Å². The second-order valence-corrected chi connectivity index (χ2v) is 4.56. The average molecular weight is 234 g/mol. The maximum absolute atomic E-state index is 11.9. The molecule has 92 valence electrons. The third kappa shape index (κ3) is 3.17. The Morgan fingerprint density at radius 3 is 3.06 bits per heavy atom. The van der Waals surface area contributed by atoms with E-state index < -0.39 is 0 Å². The Bertz CT molecular complexity index is 399. The summed E-state index contributed by atoms with van der Waals surface area (Å²) in [6, 6.07) is 0.108. The smallest absolute Gasteiger partial charge is 0.227 e. The molecule has 5 nitrogen and oxygen atoms in total. The molecule has 0 aliphatic heterocycles. The monoisotopic (exact) mass is 234 g/mol. The molecule has 1 amide bonds. The Labute approximate surface area is 101 Å². The molecule has 0 saturated heterocycles. The standard InChI is InChI=1S/C12H18N4O/c1-9(7-16-5-4-14-8-16)15-12(17)10-2-3-11(13)6-10/h2-5,8-11H,6-7,13H2,1H3,(H,15,17). The molecule has 3 atom stereocenters. The second-order valence-electron chi connectivity index (χ2n) is 4.56. The van der Waals surface area contributed by atoms with Crippen molar-refractivity contribution in [1.82, 2.24) is 14.9 Å². The summed E-state index contributed by atoms with van der Waals surface area (Å²) in [5.74, 6) is -0.0166. The van der Waals surface area contributed by atoms with Crippen LogP contribution in [0.25, 0.3) is 0 Å². The van der Waals surface area contributed by atoms with Crippen LogP contribution in [0, 0.1) is 5.92 Å². The molecular weight excluding hydrogens is 216 g/mol. The number of carbonyl (C=O) groups is 1. The predicted molar refractivity (Wildman–Crippen MR) is 65.1 cm³/mol. The van der Waals surface area contributed by atoms with E-state index in [-0.39, 0.29) is 23.9 Å². The van der Waals surface area contributed by atoms with Gasteiger partial charge in [-0.25, -0.2) is 4.98 Å². The van der Waals surface area contributed by atoms with Crippen LogP contribution < -0.4 is 11.1 Å². The summed E-state index contributed by atoms with van der Waals surface area (Å²) in [6.07, 6.45) is 9.85. The first kappa shape index (κ1) is 11.9. The van der Waals surface area contributed by atoms with Crippen LogP contribution in [0.1, 0.15) is 13.3 Å². The molecule has 3 N–H and O–H groups in total. The van der Waals surface area contributed by atoms with Crippen molar-refractivity contribution in [2.75, 3.05) is 0 Å². The van der Waals surface area contributed by atoms with Gasteiger partial charge in [-0.3, -0.25) is 4.79 Å². The van der Waals surface area contributed by atoms with E-state index in [1.54, 1.807) is 12.5 Å². The zero-order valence-corrected chi connectivity index (χ0v) is 9.91. The third-order valence-electron chi connectivity index (χ3n) is 2.89. The van der Waals surface area contributed by atoms with Gasteiger partial charge in [-0.05, 0) is 13.3 Å². The highest BCUT2D eigenvalue weighted by molar-refractivity contribution is 5.81. The van der Waals surface area contributed by atoms with Crippen LogP contribution in [0.4, 0.5) is 0 Å². The Morgan fingerprint density at radius 1 is 1.65 bits per heavy atom. The number of hydrogen-bond acceptors (Lipinski definition) is 3. The van der Waals surface area contributed by atoms with Gasteiger partial charge in [0, 0.05) is 31.0 Å². The highest BCUT2D eigenvalue weighted by Crippen LogP contribution is 2.16. The Balaban J connectivity index is 1.80. The van der Waals surface area contributed by atoms with E-state index in [0.717, 1.165) is 6.54 Å². The summed E-state index contributed by atoms with van der Waals surface area (Å²) in [4.78, 5) is 15.9. The first-order chi connectivity index (χ1) is 8.15. The number of imidazole rings is 1. The summed E-state index contributed by atoms with van der Waals surface area (Å²) in [7, 11) is 0.